The summed E-state index contributed by atoms with van der Waals surface area (Å²) in [7, 11) is -3.40. The lowest BCUT2D eigenvalue weighted by Crippen LogP contribution is -2.42. The van der Waals surface area contributed by atoms with E-state index in [0.717, 1.165) is 0 Å². The summed E-state index contributed by atoms with van der Waals surface area (Å²) in [5.74, 6) is -0.161. The highest BCUT2D eigenvalue weighted by Crippen LogP contribution is 2.15. The van der Waals surface area contributed by atoms with Crippen molar-refractivity contribution in [1.82, 2.24) is 4.72 Å². The zero-order valence-corrected chi connectivity index (χ0v) is 14.8. The van der Waals surface area contributed by atoms with Gasteiger partial charge in [-0.3, -0.25) is 0 Å². The molecular formula is C15H25NO5S. The first-order valence-corrected chi connectivity index (χ1v) is 8.76. The fourth-order valence-corrected chi connectivity index (χ4v) is 3.21. The van der Waals surface area contributed by atoms with Gasteiger partial charge in [0, 0.05) is 12.0 Å². The maximum Gasteiger partial charge on any atom is 0.374 e. The standard InChI is InChI=1S/C15H25NO5S/c1-14(2,3)16-22(18,19)10-9-11-7-8-12(20-11)13(17)21-15(4,5)6/h7-8,16H,9-10H2,1-6H3. The van der Waals surface area contributed by atoms with Gasteiger partial charge in [0.05, 0.1) is 5.75 Å². The van der Waals surface area contributed by atoms with Crippen LogP contribution in [0, 0.1) is 0 Å². The monoisotopic (exact) mass is 331 g/mol. The van der Waals surface area contributed by atoms with Crippen LogP contribution in [0.15, 0.2) is 16.5 Å². The second-order valence-electron chi connectivity index (χ2n) is 7.19. The molecule has 1 N–H and O–H groups in total. The predicted octanol–water partition coefficient (Wildman–Crippen LogP) is 2.50. The lowest BCUT2D eigenvalue weighted by atomic mass is 10.1. The van der Waals surface area contributed by atoms with E-state index in [-0.39, 0.29) is 17.9 Å². The Kier molecular flexibility index (Phi) is 5.46. The average Bonchev–Trinajstić information content (AvgIpc) is 2.69. The second kappa shape index (κ2) is 6.42. The van der Waals surface area contributed by atoms with Crippen LogP contribution in [-0.2, 0) is 21.2 Å². The van der Waals surface area contributed by atoms with E-state index in [1.54, 1.807) is 47.6 Å². The average molecular weight is 331 g/mol. The lowest BCUT2D eigenvalue weighted by molar-refractivity contribution is 0.00345. The van der Waals surface area contributed by atoms with Crippen molar-refractivity contribution in [3.8, 4) is 0 Å². The van der Waals surface area contributed by atoms with Crippen LogP contribution in [-0.4, -0.2) is 31.3 Å². The van der Waals surface area contributed by atoms with Crippen LogP contribution in [0.25, 0.3) is 0 Å². The third-order valence-corrected chi connectivity index (χ3v) is 4.01. The highest BCUT2D eigenvalue weighted by atomic mass is 32.2. The normalized spacial score (nSPS) is 13.2. The molecule has 22 heavy (non-hydrogen) atoms. The van der Waals surface area contributed by atoms with Crippen molar-refractivity contribution in [2.75, 3.05) is 5.75 Å². The molecule has 0 bridgehead atoms. The molecule has 0 atom stereocenters. The smallest absolute Gasteiger partial charge is 0.374 e. The number of aryl methyl sites for hydroxylation is 1. The Morgan fingerprint density at radius 2 is 1.77 bits per heavy atom. The molecule has 0 aliphatic heterocycles. The van der Waals surface area contributed by atoms with E-state index in [9.17, 15) is 13.2 Å². The number of nitrogens with one attached hydrogen (secondary N) is 1. The molecule has 0 saturated carbocycles. The van der Waals surface area contributed by atoms with Gasteiger partial charge in [0.25, 0.3) is 0 Å². The molecule has 0 aliphatic carbocycles. The summed E-state index contributed by atoms with van der Waals surface area (Å²) in [6.45, 7) is 10.6. The van der Waals surface area contributed by atoms with Crippen LogP contribution in [0.4, 0.5) is 0 Å². The van der Waals surface area contributed by atoms with Gasteiger partial charge in [0.2, 0.25) is 15.8 Å². The van der Waals surface area contributed by atoms with Gasteiger partial charge in [-0.2, -0.15) is 0 Å². The van der Waals surface area contributed by atoms with Gasteiger partial charge in [0.1, 0.15) is 11.4 Å². The molecule has 6 nitrogen and oxygen atoms in total. The van der Waals surface area contributed by atoms with Crippen LogP contribution < -0.4 is 4.72 Å². The number of esters is 1. The van der Waals surface area contributed by atoms with E-state index in [0.29, 0.717) is 5.76 Å². The summed E-state index contributed by atoms with van der Waals surface area (Å²) in [4.78, 5) is 11.8. The third kappa shape index (κ3) is 7.09. The molecule has 1 rings (SSSR count). The molecule has 0 radical (unpaired) electrons. The largest absolute Gasteiger partial charge is 0.454 e. The molecule has 0 fully saturated rings. The van der Waals surface area contributed by atoms with Crippen molar-refractivity contribution >= 4 is 16.0 Å². The first kappa shape index (κ1) is 18.7. The minimum absolute atomic E-state index is 0.0751. The van der Waals surface area contributed by atoms with E-state index >= 15 is 0 Å². The Hall–Kier alpha value is -1.34. The molecule has 0 unspecified atom stereocenters. The summed E-state index contributed by atoms with van der Waals surface area (Å²) < 4.78 is 36.9. The van der Waals surface area contributed by atoms with Crippen LogP contribution in [0.2, 0.25) is 0 Å². The molecule has 1 aromatic heterocycles. The molecule has 7 heteroatoms. The summed E-state index contributed by atoms with van der Waals surface area (Å²) in [6, 6.07) is 3.08. The molecular weight excluding hydrogens is 306 g/mol. The van der Waals surface area contributed by atoms with Gasteiger partial charge in [-0.15, -0.1) is 0 Å². The number of hydrogen-bond acceptors (Lipinski definition) is 5. The van der Waals surface area contributed by atoms with E-state index in [2.05, 4.69) is 4.72 Å². The Balaban J connectivity index is 2.65. The maximum atomic E-state index is 11.9. The lowest BCUT2D eigenvalue weighted by Gasteiger charge is -2.20. The summed E-state index contributed by atoms with van der Waals surface area (Å²) >= 11 is 0. The first-order valence-electron chi connectivity index (χ1n) is 7.11. The molecule has 0 aliphatic rings. The fraction of sp³-hybridized carbons (Fsp3) is 0.667. The van der Waals surface area contributed by atoms with E-state index in [1.807, 2.05) is 0 Å². The molecule has 0 saturated heterocycles. The number of sulfonamides is 1. The summed E-state index contributed by atoms with van der Waals surface area (Å²) in [5.41, 5.74) is -1.13. The Labute approximate surface area is 132 Å². The Morgan fingerprint density at radius 1 is 1.18 bits per heavy atom. The molecule has 1 aromatic rings. The molecule has 0 amide bonds. The number of hydrogen-bond donors (Lipinski definition) is 1. The van der Waals surface area contributed by atoms with Crippen molar-refractivity contribution < 1.29 is 22.4 Å². The number of carbonyl (C=O) groups is 1. The highest BCUT2D eigenvalue weighted by Gasteiger charge is 2.22. The highest BCUT2D eigenvalue weighted by molar-refractivity contribution is 7.89. The van der Waals surface area contributed by atoms with E-state index in [1.165, 1.54) is 6.07 Å². The molecule has 1 heterocycles. The molecule has 126 valence electrons. The van der Waals surface area contributed by atoms with Gasteiger partial charge < -0.3 is 9.15 Å². The number of carbonyl (C=O) groups excluding carboxylic acids is 1. The zero-order valence-electron chi connectivity index (χ0n) is 14.0. The Morgan fingerprint density at radius 3 is 2.27 bits per heavy atom. The Bertz CT molecular complexity index is 617. The van der Waals surface area contributed by atoms with Gasteiger partial charge in [-0.25, -0.2) is 17.9 Å². The van der Waals surface area contributed by atoms with Crippen LogP contribution >= 0.6 is 0 Å². The van der Waals surface area contributed by atoms with Gasteiger partial charge in [-0.1, -0.05) is 0 Å². The van der Waals surface area contributed by atoms with Crippen LogP contribution in [0.3, 0.4) is 0 Å². The summed E-state index contributed by atoms with van der Waals surface area (Å²) in [6.07, 6.45) is 0.189. The van der Waals surface area contributed by atoms with Crippen LogP contribution in [0.1, 0.15) is 57.9 Å². The quantitative estimate of drug-likeness (QED) is 0.838. The van der Waals surface area contributed by atoms with Gasteiger partial charge >= 0.3 is 5.97 Å². The number of ether oxygens (including phenoxy) is 1. The van der Waals surface area contributed by atoms with E-state index in [4.69, 9.17) is 9.15 Å². The molecule has 0 aromatic carbocycles. The van der Waals surface area contributed by atoms with Crippen molar-refractivity contribution in [2.45, 2.75) is 59.1 Å². The minimum atomic E-state index is -3.40. The predicted molar refractivity (Wildman–Crippen MR) is 84.3 cm³/mol. The van der Waals surface area contributed by atoms with Crippen molar-refractivity contribution in [2.24, 2.45) is 0 Å². The van der Waals surface area contributed by atoms with Crippen LogP contribution in [0.5, 0.6) is 0 Å². The third-order valence-electron chi connectivity index (χ3n) is 2.34. The minimum Gasteiger partial charge on any atom is -0.454 e. The maximum absolute atomic E-state index is 11.9. The SMILES string of the molecule is CC(C)(C)NS(=O)(=O)CCc1ccc(C(=O)OC(C)(C)C)o1. The first-order chi connectivity index (χ1) is 9.77. The zero-order chi connectivity index (χ0) is 17.2. The fourth-order valence-electron chi connectivity index (χ4n) is 1.70. The summed E-state index contributed by atoms with van der Waals surface area (Å²) in [5, 5.41) is 0. The second-order valence-corrected chi connectivity index (χ2v) is 9.03. The van der Waals surface area contributed by atoms with Crippen molar-refractivity contribution in [3.63, 3.8) is 0 Å². The number of rotatable bonds is 5. The van der Waals surface area contributed by atoms with Crippen molar-refractivity contribution in [1.29, 1.82) is 0 Å². The van der Waals surface area contributed by atoms with Gasteiger partial charge in [-0.05, 0) is 53.7 Å². The van der Waals surface area contributed by atoms with Gasteiger partial charge in [0.15, 0.2) is 0 Å². The van der Waals surface area contributed by atoms with Crippen molar-refractivity contribution in [3.05, 3.63) is 23.7 Å². The topological polar surface area (TPSA) is 85.6 Å². The molecule has 0 spiro atoms. The van der Waals surface area contributed by atoms with E-state index < -0.39 is 27.1 Å². The number of furan rings is 1.